The Morgan fingerprint density at radius 1 is 1.35 bits per heavy atom. The van der Waals surface area contributed by atoms with E-state index in [4.69, 9.17) is 4.74 Å². The molecule has 1 heterocycles. The van der Waals surface area contributed by atoms with Crippen molar-refractivity contribution in [2.75, 3.05) is 6.61 Å². The minimum Gasteiger partial charge on any atom is -0.375 e. The van der Waals surface area contributed by atoms with Gasteiger partial charge in [0.15, 0.2) is 0 Å². The number of aromatic nitrogens is 1. The highest BCUT2D eigenvalue weighted by Crippen LogP contribution is 2.19. The molecule has 0 bridgehead atoms. The number of pyridine rings is 1. The van der Waals surface area contributed by atoms with E-state index in [1.165, 1.54) is 12.8 Å². The fraction of sp³-hybridized carbons (Fsp3) is 0.643. The van der Waals surface area contributed by atoms with E-state index in [0.717, 1.165) is 30.6 Å². The largest absolute Gasteiger partial charge is 0.375 e. The second-order valence-corrected chi connectivity index (χ2v) is 5.18. The Kier molecular flexibility index (Phi) is 4.51. The van der Waals surface area contributed by atoms with Crippen LogP contribution in [0.15, 0.2) is 18.2 Å². The molecule has 3 nitrogen and oxygen atoms in total. The molecule has 0 amide bonds. The van der Waals surface area contributed by atoms with Gasteiger partial charge in [-0.15, -0.1) is 0 Å². The zero-order valence-corrected chi connectivity index (χ0v) is 10.8. The molecule has 0 saturated heterocycles. The fourth-order valence-electron chi connectivity index (χ4n) is 1.64. The van der Waals surface area contributed by atoms with Crippen molar-refractivity contribution in [3.63, 3.8) is 0 Å². The minimum absolute atomic E-state index is 0.578. The molecule has 0 radical (unpaired) electrons. The van der Waals surface area contributed by atoms with Crippen LogP contribution >= 0.6 is 0 Å². The molecule has 1 aliphatic rings. The third-order valence-electron chi connectivity index (χ3n) is 2.71. The smallest absolute Gasteiger partial charge is 0.0888 e. The van der Waals surface area contributed by atoms with Crippen molar-refractivity contribution >= 4 is 0 Å². The molecule has 2 rings (SSSR count). The molecule has 3 heteroatoms. The molecule has 1 fully saturated rings. The lowest BCUT2D eigenvalue weighted by atomic mass is 10.2. The van der Waals surface area contributed by atoms with E-state index in [2.05, 4.69) is 36.3 Å². The van der Waals surface area contributed by atoms with Gasteiger partial charge in [0, 0.05) is 19.2 Å². The van der Waals surface area contributed by atoms with Gasteiger partial charge in [0.25, 0.3) is 0 Å². The fourth-order valence-corrected chi connectivity index (χ4v) is 1.64. The van der Waals surface area contributed by atoms with Crippen LogP contribution in [0.1, 0.15) is 38.1 Å². The van der Waals surface area contributed by atoms with Gasteiger partial charge < -0.3 is 10.1 Å². The van der Waals surface area contributed by atoms with Crippen molar-refractivity contribution in [1.82, 2.24) is 10.3 Å². The number of ether oxygens (including phenoxy) is 1. The molecular weight excluding hydrogens is 212 g/mol. The summed E-state index contributed by atoms with van der Waals surface area (Å²) in [5.41, 5.74) is 2.14. The van der Waals surface area contributed by atoms with E-state index < -0.39 is 0 Å². The number of hydrogen-bond acceptors (Lipinski definition) is 3. The first kappa shape index (κ1) is 12.5. The Morgan fingerprint density at radius 2 is 2.12 bits per heavy atom. The third-order valence-corrected chi connectivity index (χ3v) is 2.71. The standard InChI is InChI=1S/C14H22N2O/c1-11(2)9-17-10-14-5-3-4-13(16-14)8-15-12-6-7-12/h3-5,11-12,15H,6-10H2,1-2H3. The lowest BCUT2D eigenvalue weighted by Gasteiger charge is -2.08. The molecule has 0 aromatic carbocycles. The Bertz CT molecular complexity index is 348. The van der Waals surface area contributed by atoms with Gasteiger partial charge in [-0.3, -0.25) is 4.98 Å². The van der Waals surface area contributed by atoms with E-state index in [0.29, 0.717) is 12.5 Å². The molecule has 1 N–H and O–H groups in total. The molecule has 0 atom stereocenters. The molecule has 1 aliphatic carbocycles. The van der Waals surface area contributed by atoms with E-state index >= 15 is 0 Å². The third kappa shape index (κ3) is 4.84. The van der Waals surface area contributed by atoms with Crippen LogP contribution in [0.3, 0.4) is 0 Å². The maximum Gasteiger partial charge on any atom is 0.0888 e. The number of hydrogen-bond donors (Lipinski definition) is 1. The maximum atomic E-state index is 5.59. The van der Waals surface area contributed by atoms with Gasteiger partial charge in [0.1, 0.15) is 0 Å². The zero-order chi connectivity index (χ0) is 12.1. The Balaban J connectivity index is 1.78. The van der Waals surface area contributed by atoms with Crippen LogP contribution in [0.5, 0.6) is 0 Å². The highest BCUT2D eigenvalue weighted by atomic mass is 16.5. The maximum absolute atomic E-state index is 5.59. The quantitative estimate of drug-likeness (QED) is 0.787. The number of rotatable bonds is 7. The van der Waals surface area contributed by atoms with Crippen LogP contribution in [0.4, 0.5) is 0 Å². The van der Waals surface area contributed by atoms with Gasteiger partial charge in [0.05, 0.1) is 18.0 Å². The van der Waals surface area contributed by atoms with Gasteiger partial charge in [0.2, 0.25) is 0 Å². The summed E-state index contributed by atoms with van der Waals surface area (Å²) in [7, 11) is 0. The molecule has 17 heavy (non-hydrogen) atoms. The zero-order valence-electron chi connectivity index (χ0n) is 10.8. The monoisotopic (exact) mass is 234 g/mol. The first-order valence-electron chi connectivity index (χ1n) is 6.50. The molecular formula is C14H22N2O. The molecule has 1 aromatic heterocycles. The predicted molar refractivity (Wildman–Crippen MR) is 68.6 cm³/mol. The minimum atomic E-state index is 0.578. The molecule has 94 valence electrons. The lowest BCUT2D eigenvalue weighted by Crippen LogP contribution is -2.16. The summed E-state index contributed by atoms with van der Waals surface area (Å²) in [4.78, 5) is 4.58. The van der Waals surface area contributed by atoms with Gasteiger partial charge in [-0.25, -0.2) is 0 Å². The summed E-state index contributed by atoms with van der Waals surface area (Å²) < 4.78 is 5.59. The normalized spacial score (nSPS) is 15.5. The van der Waals surface area contributed by atoms with Crippen molar-refractivity contribution in [3.05, 3.63) is 29.6 Å². The van der Waals surface area contributed by atoms with E-state index in [9.17, 15) is 0 Å². The van der Waals surface area contributed by atoms with Crippen molar-refractivity contribution in [3.8, 4) is 0 Å². The summed E-state index contributed by atoms with van der Waals surface area (Å²) >= 11 is 0. The average molecular weight is 234 g/mol. The first-order chi connectivity index (χ1) is 8.24. The van der Waals surface area contributed by atoms with Crippen molar-refractivity contribution in [1.29, 1.82) is 0 Å². The van der Waals surface area contributed by atoms with Crippen molar-refractivity contribution in [2.45, 2.75) is 45.9 Å². The van der Waals surface area contributed by atoms with Gasteiger partial charge in [-0.2, -0.15) is 0 Å². The van der Waals surface area contributed by atoms with Crippen LogP contribution < -0.4 is 5.32 Å². The van der Waals surface area contributed by atoms with Crippen molar-refractivity contribution in [2.24, 2.45) is 5.92 Å². The van der Waals surface area contributed by atoms with E-state index in [-0.39, 0.29) is 0 Å². The summed E-state index contributed by atoms with van der Waals surface area (Å²) in [6.07, 6.45) is 2.63. The molecule has 1 saturated carbocycles. The summed E-state index contributed by atoms with van der Waals surface area (Å²) in [6.45, 7) is 6.61. The second-order valence-electron chi connectivity index (χ2n) is 5.18. The van der Waals surface area contributed by atoms with Crippen LogP contribution in [0.25, 0.3) is 0 Å². The van der Waals surface area contributed by atoms with Crippen LogP contribution in [-0.2, 0) is 17.9 Å². The SMILES string of the molecule is CC(C)COCc1cccc(CNC2CC2)n1. The average Bonchev–Trinajstić information content (AvgIpc) is 3.10. The van der Waals surface area contributed by atoms with Gasteiger partial charge in [-0.05, 0) is 30.9 Å². The predicted octanol–water partition coefficient (Wildman–Crippen LogP) is 2.51. The second kappa shape index (κ2) is 6.12. The highest BCUT2D eigenvalue weighted by molar-refractivity contribution is 5.10. The molecule has 0 aliphatic heterocycles. The Labute approximate surface area is 104 Å². The van der Waals surface area contributed by atoms with Crippen LogP contribution in [-0.4, -0.2) is 17.6 Å². The van der Waals surface area contributed by atoms with Crippen LogP contribution in [0, 0.1) is 5.92 Å². The topological polar surface area (TPSA) is 34.1 Å². The molecule has 1 aromatic rings. The van der Waals surface area contributed by atoms with Gasteiger partial charge >= 0.3 is 0 Å². The van der Waals surface area contributed by atoms with Gasteiger partial charge in [-0.1, -0.05) is 19.9 Å². The lowest BCUT2D eigenvalue weighted by molar-refractivity contribution is 0.0947. The first-order valence-corrected chi connectivity index (χ1v) is 6.50. The Morgan fingerprint density at radius 3 is 2.82 bits per heavy atom. The van der Waals surface area contributed by atoms with Crippen molar-refractivity contribution < 1.29 is 4.74 Å². The molecule has 0 spiro atoms. The Hall–Kier alpha value is -0.930. The highest BCUT2D eigenvalue weighted by Gasteiger charge is 2.20. The summed E-state index contributed by atoms with van der Waals surface area (Å²) in [6, 6.07) is 6.89. The van der Waals surface area contributed by atoms with E-state index in [1.54, 1.807) is 0 Å². The number of nitrogens with zero attached hydrogens (tertiary/aromatic N) is 1. The summed E-state index contributed by atoms with van der Waals surface area (Å²) in [5.74, 6) is 0.578. The van der Waals surface area contributed by atoms with Crippen LogP contribution in [0.2, 0.25) is 0 Å². The summed E-state index contributed by atoms with van der Waals surface area (Å²) in [5, 5.41) is 3.47. The number of nitrogens with one attached hydrogen (secondary N) is 1. The molecule has 0 unspecified atom stereocenters. The van der Waals surface area contributed by atoms with E-state index in [1.807, 2.05) is 6.07 Å².